The van der Waals surface area contributed by atoms with Crippen LogP contribution in [-0.4, -0.2) is 4.92 Å². The highest BCUT2D eigenvalue weighted by Gasteiger charge is 2.17. The van der Waals surface area contributed by atoms with Crippen molar-refractivity contribution < 1.29 is 4.92 Å². The van der Waals surface area contributed by atoms with Gasteiger partial charge in [0, 0.05) is 11.4 Å². The predicted octanol–water partition coefficient (Wildman–Crippen LogP) is 2.76. The minimum absolute atomic E-state index is 0.196. The first-order valence-corrected chi connectivity index (χ1v) is 4.32. The van der Waals surface area contributed by atoms with Crippen LogP contribution >= 0.6 is 11.3 Å². The number of rotatable bonds is 1. The van der Waals surface area contributed by atoms with E-state index < -0.39 is 0 Å². The second kappa shape index (κ2) is 2.57. The van der Waals surface area contributed by atoms with E-state index >= 15 is 0 Å². The van der Waals surface area contributed by atoms with Gasteiger partial charge in [0.2, 0.25) is 0 Å². The standard InChI is InChI=1S/C8H5NO2S/c10-9(11)8-2-1-6-3-4-12-5-7(6)8/h1-5H. The molecular weight excluding hydrogens is 174 g/mol. The highest BCUT2D eigenvalue weighted by molar-refractivity contribution is 7.08. The number of fused-ring (bicyclic) bond motifs is 1. The third kappa shape index (κ3) is 0.967. The van der Waals surface area contributed by atoms with Gasteiger partial charge < -0.3 is 0 Å². The van der Waals surface area contributed by atoms with Crippen LogP contribution in [0, 0.1) is 10.1 Å². The Kier molecular flexibility index (Phi) is 1.55. The molecule has 60 valence electrons. The minimum Gasteiger partial charge on any atom is -0.258 e. The van der Waals surface area contributed by atoms with Gasteiger partial charge in [-0.25, -0.2) is 0 Å². The number of hydrogen-bond donors (Lipinski definition) is 0. The smallest absolute Gasteiger partial charge is 0.258 e. The van der Waals surface area contributed by atoms with Crippen LogP contribution in [0.5, 0.6) is 0 Å². The molecular formula is C8H5NO2S. The maximum atomic E-state index is 10.5. The fourth-order valence-electron chi connectivity index (χ4n) is 1.15. The molecule has 3 nitrogen and oxygen atoms in total. The van der Waals surface area contributed by atoms with Crippen LogP contribution < -0.4 is 0 Å². The van der Waals surface area contributed by atoms with E-state index in [1.807, 2.05) is 11.4 Å². The normalized spacial score (nSPS) is 10.3. The summed E-state index contributed by atoms with van der Waals surface area (Å²) < 4.78 is 0. The molecule has 0 radical (unpaired) electrons. The molecule has 0 aromatic heterocycles. The van der Waals surface area contributed by atoms with Crippen molar-refractivity contribution in [2.45, 2.75) is 0 Å². The van der Waals surface area contributed by atoms with Gasteiger partial charge in [-0.1, -0.05) is 0 Å². The van der Waals surface area contributed by atoms with Gasteiger partial charge in [0.25, 0.3) is 5.69 Å². The highest BCUT2D eigenvalue weighted by Crippen LogP contribution is 2.34. The van der Waals surface area contributed by atoms with E-state index in [2.05, 4.69) is 0 Å². The molecule has 0 aromatic rings. The Labute approximate surface area is 72.8 Å². The summed E-state index contributed by atoms with van der Waals surface area (Å²) in [6, 6.07) is 5.19. The third-order valence-corrected chi connectivity index (χ3v) is 2.38. The third-order valence-electron chi connectivity index (χ3n) is 1.72. The number of nitro groups is 1. The predicted molar refractivity (Wildman–Crippen MR) is 47.6 cm³/mol. The molecule has 1 aliphatic carbocycles. The van der Waals surface area contributed by atoms with E-state index in [1.54, 1.807) is 11.4 Å². The first kappa shape index (κ1) is 7.24. The molecule has 0 unspecified atom stereocenters. The van der Waals surface area contributed by atoms with E-state index in [0.29, 0.717) is 0 Å². The van der Waals surface area contributed by atoms with Gasteiger partial charge in [-0.05, 0) is 23.1 Å². The summed E-state index contributed by atoms with van der Waals surface area (Å²) in [5, 5.41) is 14.2. The molecule has 0 saturated heterocycles. The van der Waals surface area contributed by atoms with Crippen LogP contribution in [0.2, 0.25) is 0 Å². The lowest BCUT2D eigenvalue weighted by Crippen LogP contribution is -1.85. The summed E-state index contributed by atoms with van der Waals surface area (Å²) in [5.41, 5.74) is 1.86. The maximum absolute atomic E-state index is 10.5. The summed E-state index contributed by atoms with van der Waals surface area (Å²) in [5.74, 6) is 0. The molecule has 0 N–H and O–H groups in total. The lowest BCUT2D eigenvalue weighted by atomic mass is 10.2. The summed E-state index contributed by atoms with van der Waals surface area (Å²) in [6.07, 6.45) is 0. The van der Waals surface area contributed by atoms with Gasteiger partial charge >= 0.3 is 0 Å². The summed E-state index contributed by atoms with van der Waals surface area (Å²) in [4.78, 5) is 10.1. The fraction of sp³-hybridized carbons (Fsp3) is 0. The van der Waals surface area contributed by atoms with Crippen molar-refractivity contribution in [2.75, 3.05) is 0 Å². The Morgan fingerprint density at radius 2 is 2.17 bits per heavy atom. The van der Waals surface area contributed by atoms with Crippen molar-refractivity contribution in [3.8, 4) is 11.1 Å². The second-order valence-corrected chi connectivity index (χ2v) is 3.18. The van der Waals surface area contributed by atoms with Crippen LogP contribution in [0.3, 0.4) is 0 Å². The minimum atomic E-state index is -0.352. The Morgan fingerprint density at radius 3 is 2.92 bits per heavy atom. The van der Waals surface area contributed by atoms with Gasteiger partial charge in [0.1, 0.15) is 0 Å². The topological polar surface area (TPSA) is 43.1 Å². The molecule has 0 fully saturated rings. The zero-order valence-corrected chi connectivity index (χ0v) is 6.88. The summed E-state index contributed by atoms with van der Waals surface area (Å²) in [7, 11) is 0. The molecule has 0 aromatic carbocycles. The summed E-state index contributed by atoms with van der Waals surface area (Å²) in [6.45, 7) is 0. The molecule has 0 bridgehead atoms. The molecule has 4 heteroatoms. The maximum Gasteiger partial charge on any atom is 0.278 e. The van der Waals surface area contributed by atoms with Crippen molar-refractivity contribution in [1.82, 2.24) is 0 Å². The molecule has 0 spiro atoms. The molecule has 12 heavy (non-hydrogen) atoms. The van der Waals surface area contributed by atoms with Gasteiger partial charge in [0.05, 0.1) is 10.5 Å². The molecule has 0 saturated carbocycles. The van der Waals surface area contributed by atoms with Gasteiger partial charge in [-0.2, -0.15) is 11.3 Å². The highest BCUT2D eigenvalue weighted by atomic mass is 32.1. The van der Waals surface area contributed by atoms with Gasteiger partial charge in [0.15, 0.2) is 0 Å². The van der Waals surface area contributed by atoms with E-state index in [0.717, 1.165) is 11.1 Å². The first-order valence-electron chi connectivity index (χ1n) is 3.38. The van der Waals surface area contributed by atoms with E-state index in [1.165, 1.54) is 17.4 Å². The molecule has 2 aliphatic rings. The average molecular weight is 179 g/mol. The van der Waals surface area contributed by atoms with E-state index in [4.69, 9.17) is 0 Å². The molecule has 0 amide bonds. The SMILES string of the molecule is O=[N+]([O-])c1ccc2ccscc1-2. The van der Waals surface area contributed by atoms with Gasteiger partial charge in [-0.15, -0.1) is 0 Å². The van der Waals surface area contributed by atoms with Crippen LogP contribution in [0.15, 0.2) is 29.0 Å². The molecule has 1 heterocycles. The van der Waals surface area contributed by atoms with Crippen molar-refractivity contribution in [2.24, 2.45) is 0 Å². The van der Waals surface area contributed by atoms with Crippen LogP contribution in [0.4, 0.5) is 5.69 Å². The molecule has 1 aliphatic heterocycles. The molecule has 0 atom stereocenters. The Bertz CT molecular complexity index is 396. The van der Waals surface area contributed by atoms with E-state index in [-0.39, 0.29) is 10.6 Å². The Balaban J connectivity index is 2.67. The number of hydrogen-bond acceptors (Lipinski definition) is 3. The van der Waals surface area contributed by atoms with Crippen molar-refractivity contribution in [3.05, 3.63) is 39.1 Å². The zero-order chi connectivity index (χ0) is 8.55. The van der Waals surface area contributed by atoms with Crippen molar-refractivity contribution >= 4 is 17.0 Å². The summed E-state index contributed by atoms with van der Waals surface area (Å²) >= 11 is 1.46. The lowest BCUT2D eigenvalue weighted by molar-refractivity contribution is -0.383. The fourth-order valence-corrected chi connectivity index (χ4v) is 1.85. The monoisotopic (exact) mass is 179 g/mol. The largest absolute Gasteiger partial charge is 0.278 e. The quantitative estimate of drug-likeness (QED) is 0.499. The van der Waals surface area contributed by atoms with Crippen LogP contribution in [-0.2, 0) is 0 Å². The Morgan fingerprint density at radius 1 is 1.33 bits per heavy atom. The lowest BCUT2D eigenvalue weighted by Gasteiger charge is -1.94. The van der Waals surface area contributed by atoms with Crippen molar-refractivity contribution in [3.63, 3.8) is 0 Å². The van der Waals surface area contributed by atoms with Crippen LogP contribution in [0.1, 0.15) is 0 Å². The van der Waals surface area contributed by atoms with Crippen molar-refractivity contribution in [1.29, 1.82) is 0 Å². The number of nitrogens with zero attached hydrogens (tertiary/aromatic N) is 1. The van der Waals surface area contributed by atoms with E-state index in [9.17, 15) is 10.1 Å². The second-order valence-electron chi connectivity index (χ2n) is 2.40. The first-order chi connectivity index (χ1) is 5.79. The molecule has 2 rings (SSSR count). The zero-order valence-electron chi connectivity index (χ0n) is 6.06. The Hall–Kier alpha value is -1.42. The van der Waals surface area contributed by atoms with Crippen LogP contribution in [0.25, 0.3) is 11.1 Å². The van der Waals surface area contributed by atoms with Gasteiger partial charge in [-0.3, -0.25) is 10.1 Å². The average Bonchev–Trinajstić information content (AvgIpc) is 2.47.